The molecule has 0 fully saturated rings. The van der Waals surface area contributed by atoms with Crippen LogP contribution in [0.15, 0.2) is 59.6 Å². The van der Waals surface area contributed by atoms with E-state index in [4.69, 9.17) is 11.6 Å². The minimum absolute atomic E-state index is 0.116. The molecule has 6 heteroatoms. The number of hydrogen-bond acceptors (Lipinski definition) is 3. The van der Waals surface area contributed by atoms with E-state index in [0.717, 1.165) is 3.97 Å². The molecule has 0 bridgehead atoms. The number of aldehydes is 1. The lowest BCUT2D eigenvalue weighted by molar-refractivity contribution is 0.112. The second kappa shape index (κ2) is 5.02. The summed E-state index contributed by atoms with van der Waals surface area (Å²) in [6.45, 7) is 0. The lowest BCUT2D eigenvalue weighted by Crippen LogP contribution is -2.11. The molecule has 0 atom stereocenters. The van der Waals surface area contributed by atoms with Gasteiger partial charge in [0.1, 0.15) is 0 Å². The molecule has 0 amide bonds. The van der Waals surface area contributed by atoms with E-state index in [1.54, 1.807) is 24.3 Å². The number of aromatic nitrogens is 1. The molecular weight excluding hydrogens is 310 g/mol. The summed E-state index contributed by atoms with van der Waals surface area (Å²) < 4.78 is 26.5. The van der Waals surface area contributed by atoms with Gasteiger partial charge < -0.3 is 0 Å². The maximum Gasteiger partial charge on any atom is 0.268 e. The third kappa shape index (κ3) is 2.24. The SMILES string of the molecule is O=Cc1cn(S(=O)(=O)c2ccc(Cl)cc2)c2ccccc12. The number of carbonyl (C=O) groups is 1. The summed E-state index contributed by atoms with van der Waals surface area (Å²) in [5.41, 5.74) is 0.803. The average molecular weight is 320 g/mol. The third-order valence-electron chi connectivity index (χ3n) is 3.21. The van der Waals surface area contributed by atoms with Crippen LogP contribution in [0.2, 0.25) is 5.02 Å². The Labute approximate surface area is 126 Å². The van der Waals surface area contributed by atoms with Crippen molar-refractivity contribution in [3.05, 3.63) is 65.3 Å². The van der Waals surface area contributed by atoms with Crippen LogP contribution in [0.3, 0.4) is 0 Å². The van der Waals surface area contributed by atoms with Crippen molar-refractivity contribution in [2.24, 2.45) is 0 Å². The summed E-state index contributed by atoms with van der Waals surface area (Å²) in [5.74, 6) is 0. The molecule has 1 aromatic heterocycles. The van der Waals surface area contributed by atoms with Crippen molar-refractivity contribution in [3.63, 3.8) is 0 Å². The molecular formula is C15H10ClNO3S. The van der Waals surface area contributed by atoms with Crippen molar-refractivity contribution in [3.8, 4) is 0 Å². The maximum atomic E-state index is 12.7. The second-order valence-corrected chi connectivity index (χ2v) is 6.73. The van der Waals surface area contributed by atoms with E-state index in [9.17, 15) is 13.2 Å². The summed E-state index contributed by atoms with van der Waals surface area (Å²) in [6.07, 6.45) is 1.98. The molecule has 21 heavy (non-hydrogen) atoms. The van der Waals surface area contributed by atoms with Crippen LogP contribution in [0.1, 0.15) is 10.4 Å². The lowest BCUT2D eigenvalue weighted by atomic mass is 10.2. The summed E-state index contributed by atoms with van der Waals surface area (Å²) in [5, 5.41) is 1.06. The molecule has 3 aromatic rings. The van der Waals surface area contributed by atoms with Gasteiger partial charge in [-0.2, -0.15) is 0 Å². The van der Waals surface area contributed by atoms with Gasteiger partial charge in [0.05, 0.1) is 10.4 Å². The van der Waals surface area contributed by atoms with Gasteiger partial charge in [-0.05, 0) is 30.3 Å². The quantitative estimate of drug-likeness (QED) is 0.696. The molecule has 0 unspecified atom stereocenters. The minimum Gasteiger partial charge on any atom is -0.298 e. The molecule has 0 radical (unpaired) electrons. The van der Waals surface area contributed by atoms with E-state index in [1.807, 2.05) is 0 Å². The van der Waals surface area contributed by atoms with Crippen molar-refractivity contribution >= 4 is 38.8 Å². The fourth-order valence-corrected chi connectivity index (χ4v) is 3.69. The Bertz CT molecular complexity index is 927. The van der Waals surface area contributed by atoms with Crippen LogP contribution in [-0.2, 0) is 10.0 Å². The van der Waals surface area contributed by atoms with Crippen molar-refractivity contribution in [1.82, 2.24) is 3.97 Å². The molecule has 2 aromatic carbocycles. The second-order valence-electron chi connectivity index (χ2n) is 4.47. The highest BCUT2D eigenvalue weighted by atomic mass is 35.5. The van der Waals surface area contributed by atoms with Crippen LogP contribution in [-0.4, -0.2) is 18.7 Å². The highest BCUT2D eigenvalue weighted by molar-refractivity contribution is 7.90. The van der Waals surface area contributed by atoms with Crippen molar-refractivity contribution in [1.29, 1.82) is 0 Å². The summed E-state index contributed by atoms with van der Waals surface area (Å²) in [6, 6.07) is 12.8. The molecule has 0 N–H and O–H groups in total. The Balaban J connectivity index is 2.29. The van der Waals surface area contributed by atoms with Crippen molar-refractivity contribution < 1.29 is 13.2 Å². The van der Waals surface area contributed by atoms with Gasteiger partial charge in [0.15, 0.2) is 6.29 Å². The lowest BCUT2D eigenvalue weighted by Gasteiger charge is -2.07. The summed E-state index contributed by atoms with van der Waals surface area (Å²) >= 11 is 5.78. The maximum absolute atomic E-state index is 12.7. The fraction of sp³-hybridized carbons (Fsp3) is 0. The first-order valence-corrected chi connectivity index (χ1v) is 7.92. The Morgan fingerprint density at radius 1 is 1.00 bits per heavy atom. The van der Waals surface area contributed by atoms with Gasteiger partial charge in [-0.1, -0.05) is 29.8 Å². The summed E-state index contributed by atoms with van der Waals surface area (Å²) in [4.78, 5) is 11.2. The van der Waals surface area contributed by atoms with Gasteiger partial charge >= 0.3 is 0 Å². The smallest absolute Gasteiger partial charge is 0.268 e. The highest BCUT2D eigenvalue weighted by Crippen LogP contribution is 2.25. The third-order valence-corrected chi connectivity index (χ3v) is 5.15. The van der Waals surface area contributed by atoms with E-state index in [1.165, 1.54) is 30.5 Å². The van der Waals surface area contributed by atoms with Gasteiger partial charge in [-0.25, -0.2) is 12.4 Å². The number of carbonyl (C=O) groups excluding carboxylic acids is 1. The first-order chi connectivity index (χ1) is 10.0. The fourth-order valence-electron chi connectivity index (χ4n) is 2.19. The first kappa shape index (κ1) is 13.9. The Morgan fingerprint density at radius 3 is 2.33 bits per heavy atom. The van der Waals surface area contributed by atoms with Gasteiger partial charge in [0.2, 0.25) is 0 Å². The largest absolute Gasteiger partial charge is 0.298 e. The van der Waals surface area contributed by atoms with Crippen LogP contribution in [0, 0.1) is 0 Å². The van der Waals surface area contributed by atoms with E-state index < -0.39 is 10.0 Å². The molecule has 4 nitrogen and oxygen atoms in total. The zero-order chi connectivity index (χ0) is 15.0. The van der Waals surface area contributed by atoms with Crippen LogP contribution in [0.25, 0.3) is 10.9 Å². The Hall–Kier alpha value is -2.11. The van der Waals surface area contributed by atoms with Crippen LogP contribution < -0.4 is 0 Å². The Kier molecular flexibility index (Phi) is 3.31. The number of nitrogens with zero attached hydrogens (tertiary/aromatic N) is 1. The van der Waals surface area contributed by atoms with Gasteiger partial charge in [0.25, 0.3) is 10.0 Å². The number of halogens is 1. The molecule has 1 heterocycles. The van der Waals surface area contributed by atoms with Gasteiger partial charge in [-0.15, -0.1) is 0 Å². The predicted octanol–water partition coefficient (Wildman–Crippen LogP) is 3.34. The molecule has 0 aliphatic carbocycles. The van der Waals surface area contributed by atoms with Crippen molar-refractivity contribution in [2.45, 2.75) is 4.90 Å². The minimum atomic E-state index is -3.77. The number of para-hydroxylation sites is 1. The molecule has 0 aliphatic rings. The van der Waals surface area contributed by atoms with Gasteiger partial charge in [-0.3, -0.25) is 4.79 Å². The molecule has 0 saturated heterocycles. The molecule has 106 valence electrons. The number of hydrogen-bond donors (Lipinski definition) is 0. The topological polar surface area (TPSA) is 56.1 Å². The zero-order valence-corrected chi connectivity index (χ0v) is 12.3. The van der Waals surface area contributed by atoms with E-state index in [-0.39, 0.29) is 4.90 Å². The average Bonchev–Trinajstić information content (AvgIpc) is 2.87. The van der Waals surface area contributed by atoms with E-state index in [2.05, 4.69) is 0 Å². The van der Waals surface area contributed by atoms with Crippen LogP contribution in [0.4, 0.5) is 0 Å². The highest BCUT2D eigenvalue weighted by Gasteiger charge is 2.20. The van der Waals surface area contributed by atoms with Crippen LogP contribution in [0.5, 0.6) is 0 Å². The van der Waals surface area contributed by atoms with E-state index in [0.29, 0.717) is 27.8 Å². The van der Waals surface area contributed by atoms with E-state index >= 15 is 0 Å². The Morgan fingerprint density at radius 2 is 1.67 bits per heavy atom. The van der Waals surface area contributed by atoms with Crippen molar-refractivity contribution in [2.75, 3.05) is 0 Å². The van der Waals surface area contributed by atoms with Gasteiger partial charge in [0, 0.05) is 22.2 Å². The number of rotatable bonds is 3. The number of benzene rings is 2. The molecule has 0 spiro atoms. The number of fused-ring (bicyclic) bond motifs is 1. The normalized spacial score (nSPS) is 11.7. The summed E-state index contributed by atoms with van der Waals surface area (Å²) in [7, 11) is -3.77. The monoisotopic (exact) mass is 319 g/mol. The zero-order valence-electron chi connectivity index (χ0n) is 10.7. The first-order valence-electron chi connectivity index (χ1n) is 6.10. The molecule has 0 saturated carbocycles. The standard InChI is InChI=1S/C15H10ClNO3S/c16-12-5-7-13(8-6-12)21(19,20)17-9-11(10-18)14-3-1-2-4-15(14)17/h1-10H. The predicted molar refractivity (Wildman–Crippen MR) is 81.4 cm³/mol. The van der Waals surface area contributed by atoms with Crippen LogP contribution >= 0.6 is 11.6 Å². The molecule has 0 aliphatic heterocycles. The molecule has 3 rings (SSSR count).